The van der Waals surface area contributed by atoms with Crippen molar-refractivity contribution in [2.24, 2.45) is 0 Å². The van der Waals surface area contributed by atoms with Gasteiger partial charge in [-0.05, 0) is 38.8 Å². The molecule has 2 nitrogen and oxygen atoms in total. The van der Waals surface area contributed by atoms with Gasteiger partial charge in [-0.15, -0.1) is 0 Å². The Kier molecular flexibility index (Phi) is 4.38. The van der Waals surface area contributed by atoms with Crippen LogP contribution in [0.5, 0.6) is 11.5 Å². The third-order valence-corrected chi connectivity index (χ3v) is 2.46. The van der Waals surface area contributed by atoms with Crippen LogP contribution in [-0.2, 0) is 12.8 Å². The van der Waals surface area contributed by atoms with Crippen LogP contribution in [0.25, 0.3) is 0 Å². The van der Waals surface area contributed by atoms with E-state index in [2.05, 4.69) is 13.2 Å². The van der Waals surface area contributed by atoms with Gasteiger partial charge in [0.1, 0.15) is 11.5 Å². The van der Waals surface area contributed by atoms with E-state index < -0.39 is 0 Å². The molecule has 0 radical (unpaired) electrons. The van der Waals surface area contributed by atoms with E-state index in [0.717, 1.165) is 28.0 Å². The van der Waals surface area contributed by atoms with E-state index in [1.165, 1.54) is 0 Å². The maximum atomic E-state index is 10.2. The van der Waals surface area contributed by atoms with Crippen molar-refractivity contribution in [3.8, 4) is 11.5 Å². The van der Waals surface area contributed by atoms with Crippen molar-refractivity contribution >= 4 is 0 Å². The lowest BCUT2D eigenvalue weighted by molar-refractivity contribution is 0.409. The van der Waals surface area contributed by atoms with E-state index in [-0.39, 0.29) is 0 Å². The van der Waals surface area contributed by atoms with Crippen molar-refractivity contribution in [3.05, 3.63) is 47.6 Å². The molecule has 1 rings (SSSR count). The number of methoxy groups -OCH3 is 1. The molecule has 0 bridgehead atoms. The molecule has 1 aromatic rings. The summed E-state index contributed by atoms with van der Waals surface area (Å²) in [6, 6.07) is 3.71. The lowest BCUT2D eigenvalue weighted by Gasteiger charge is -2.12. The van der Waals surface area contributed by atoms with Crippen molar-refractivity contribution in [1.82, 2.24) is 0 Å². The molecule has 2 heteroatoms. The summed E-state index contributed by atoms with van der Waals surface area (Å²) in [6.07, 6.45) is 1.32. The first-order chi connectivity index (χ1) is 7.93. The zero-order valence-corrected chi connectivity index (χ0v) is 10.8. The number of hydrogen-bond donors (Lipinski definition) is 1. The van der Waals surface area contributed by atoms with Crippen molar-refractivity contribution in [2.75, 3.05) is 7.11 Å². The molecular weight excluding hydrogens is 212 g/mol. The van der Waals surface area contributed by atoms with Crippen LogP contribution in [0.2, 0.25) is 0 Å². The lowest BCUT2D eigenvalue weighted by Crippen LogP contribution is -1.96. The fourth-order valence-electron chi connectivity index (χ4n) is 1.77. The number of phenols is 1. The van der Waals surface area contributed by atoms with Gasteiger partial charge in [-0.25, -0.2) is 0 Å². The molecule has 0 saturated heterocycles. The van der Waals surface area contributed by atoms with Crippen molar-refractivity contribution in [3.63, 3.8) is 0 Å². The van der Waals surface area contributed by atoms with Gasteiger partial charge >= 0.3 is 0 Å². The highest BCUT2D eigenvalue weighted by molar-refractivity contribution is 5.48. The minimum absolute atomic E-state index is 0.330. The van der Waals surface area contributed by atoms with Crippen molar-refractivity contribution in [1.29, 1.82) is 0 Å². The maximum absolute atomic E-state index is 10.2. The summed E-state index contributed by atoms with van der Waals surface area (Å²) in [6.45, 7) is 11.6. The summed E-state index contributed by atoms with van der Waals surface area (Å²) in [5, 5.41) is 10.2. The summed E-state index contributed by atoms with van der Waals surface area (Å²) in [4.78, 5) is 0. The fourth-order valence-corrected chi connectivity index (χ4v) is 1.77. The molecule has 0 saturated carbocycles. The van der Waals surface area contributed by atoms with Gasteiger partial charge in [-0.2, -0.15) is 0 Å². The molecule has 0 aliphatic carbocycles. The molecule has 0 heterocycles. The normalized spacial score (nSPS) is 10.1. The molecule has 0 aliphatic heterocycles. The number of allylic oxidation sites excluding steroid dienone is 2. The molecule has 0 unspecified atom stereocenters. The van der Waals surface area contributed by atoms with Gasteiger partial charge in [0, 0.05) is 11.1 Å². The van der Waals surface area contributed by atoms with E-state index in [1.807, 2.05) is 26.0 Å². The molecule has 0 fully saturated rings. The lowest BCUT2D eigenvalue weighted by atomic mass is 9.99. The third kappa shape index (κ3) is 3.66. The van der Waals surface area contributed by atoms with Crippen molar-refractivity contribution in [2.45, 2.75) is 26.7 Å². The Balaban J connectivity index is 3.20. The quantitative estimate of drug-likeness (QED) is 0.785. The molecule has 92 valence electrons. The Morgan fingerprint density at radius 1 is 1.12 bits per heavy atom. The Hall–Kier alpha value is -1.70. The second-order valence-corrected chi connectivity index (χ2v) is 4.56. The predicted octanol–water partition coefficient (Wildman–Crippen LogP) is 3.64. The molecular formula is C15H20O2. The topological polar surface area (TPSA) is 29.5 Å². The highest BCUT2D eigenvalue weighted by atomic mass is 16.5. The zero-order valence-electron chi connectivity index (χ0n) is 10.8. The molecule has 0 aliphatic rings. The van der Waals surface area contributed by atoms with Crippen LogP contribution in [0, 0.1) is 0 Å². The maximum Gasteiger partial charge on any atom is 0.122 e. The van der Waals surface area contributed by atoms with Crippen molar-refractivity contribution < 1.29 is 9.84 Å². The van der Waals surface area contributed by atoms with Gasteiger partial charge in [0.15, 0.2) is 0 Å². The smallest absolute Gasteiger partial charge is 0.122 e. The van der Waals surface area contributed by atoms with Gasteiger partial charge in [-0.3, -0.25) is 0 Å². The Labute approximate surface area is 103 Å². The summed E-state index contributed by atoms with van der Waals surface area (Å²) in [5.74, 6) is 1.09. The Morgan fingerprint density at radius 2 is 1.53 bits per heavy atom. The Bertz CT molecular complexity index is 407. The minimum Gasteiger partial charge on any atom is -0.507 e. The molecule has 0 amide bonds. The predicted molar refractivity (Wildman–Crippen MR) is 71.7 cm³/mol. The average Bonchev–Trinajstić information content (AvgIpc) is 2.22. The number of ether oxygens (including phenoxy) is 1. The van der Waals surface area contributed by atoms with Gasteiger partial charge in [0.25, 0.3) is 0 Å². The van der Waals surface area contributed by atoms with Crippen LogP contribution in [0.15, 0.2) is 36.4 Å². The van der Waals surface area contributed by atoms with Crippen LogP contribution >= 0.6 is 0 Å². The second-order valence-electron chi connectivity index (χ2n) is 4.56. The van der Waals surface area contributed by atoms with E-state index in [9.17, 15) is 5.11 Å². The first kappa shape index (κ1) is 13.4. The standard InChI is InChI=1S/C15H20O2/c1-10(2)6-12-8-14(17-5)9-13(15(12)16)7-11(3)4/h8-9,16H,1,3,6-7H2,2,4-5H3. The number of hydrogen-bond acceptors (Lipinski definition) is 2. The Morgan fingerprint density at radius 3 is 1.82 bits per heavy atom. The van der Waals surface area contributed by atoms with E-state index in [4.69, 9.17) is 4.74 Å². The largest absolute Gasteiger partial charge is 0.507 e. The summed E-state index contributed by atoms with van der Waals surface area (Å²) in [7, 11) is 1.63. The van der Waals surface area contributed by atoms with Crippen LogP contribution in [0.4, 0.5) is 0 Å². The van der Waals surface area contributed by atoms with Crippen LogP contribution in [0.1, 0.15) is 25.0 Å². The molecule has 1 N–H and O–H groups in total. The monoisotopic (exact) mass is 232 g/mol. The number of benzene rings is 1. The minimum atomic E-state index is 0.330. The number of phenolic OH excluding ortho intramolecular Hbond substituents is 1. The van der Waals surface area contributed by atoms with Gasteiger partial charge < -0.3 is 9.84 Å². The van der Waals surface area contributed by atoms with Gasteiger partial charge in [0.2, 0.25) is 0 Å². The molecule has 17 heavy (non-hydrogen) atoms. The van der Waals surface area contributed by atoms with E-state index in [0.29, 0.717) is 18.6 Å². The molecule has 1 aromatic carbocycles. The number of aromatic hydroxyl groups is 1. The summed E-state index contributed by atoms with van der Waals surface area (Å²) < 4.78 is 5.24. The molecule has 0 atom stereocenters. The number of rotatable bonds is 5. The van der Waals surface area contributed by atoms with Crippen LogP contribution in [-0.4, -0.2) is 12.2 Å². The second kappa shape index (κ2) is 5.58. The summed E-state index contributed by atoms with van der Waals surface area (Å²) in [5.41, 5.74) is 3.73. The zero-order chi connectivity index (χ0) is 13.0. The SMILES string of the molecule is C=C(C)Cc1cc(OC)cc(CC(=C)C)c1O. The van der Waals surface area contributed by atoms with E-state index in [1.54, 1.807) is 7.11 Å². The summed E-state index contributed by atoms with van der Waals surface area (Å²) >= 11 is 0. The van der Waals surface area contributed by atoms with Crippen LogP contribution < -0.4 is 4.74 Å². The fraction of sp³-hybridized carbons (Fsp3) is 0.333. The average molecular weight is 232 g/mol. The highest BCUT2D eigenvalue weighted by Gasteiger charge is 2.10. The first-order valence-corrected chi connectivity index (χ1v) is 5.61. The molecule has 0 spiro atoms. The van der Waals surface area contributed by atoms with Gasteiger partial charge in [-0.1, -0.05) is 24.3 Å². The third-order valence-electron chi connectivity index (χ3n) is 2.46. The molecule has 0 aromatic heterocycles. The van der Waals surface area contributed by atoms with Crippen LogP contribution in [0.3, 0.4) is 0 Å². The first-order valence-electron chi connectivity index (χ1n) is 5.61. The van der Waals surface area contributed by atoms with E-state index >= 15 is 0 Å². The van der Waals surface area contributed by atoms with Gasteiger partial charge in [0.05, 0.1) is 7.11 Å². The highest BCUT2D eigenvalue weighted by Crippen LogP contribution is 2.31.